The lowest BCUT2D eigenvalue weighted by molar-refractivity contribution is -0.135. The van der Waals surface area contributed by atoms with Crippen LogP contribution in [0.4, 0.5) is 0 Å². The van der Waals surface area contributed by atoms with Crippen LogP contribution in [0.3, 0.4) is 0 Å². The number of nitrogens with one attached hydrogen (secondary N) is 2. The lowest BCUT2D eigenvalue weighted by Crippen LogP contribution is -2.44. The van der Waals surface area contributed by atoms with Crippen LogP contribution in [0.5, 0.6) is 0 Å². The van der Waals surface area contributed by atoms with Crippen LogP contribution in [0, 0.1) is 0 Å². The minimum atomic E-state index is -0.157. The minimum Gasteiger partial charge on any atom is -0.383 e. The van der Waals surface area contributed by atoms with Crippen LogP contribution in [0.1, 0.15) is 6.42 Å². The quantitative estimate of drug-likeness (QED) is 0.557. The molecule has 2 N–H and O–H groups in total. The normalized spacial score (nSPS) is 16.5. The Morgan fingerprint density at radius 1 is 1.35 bits per heavy atom. The van der Waals surface area contributed by atoms with Gasteiger partial charge in [0.15, 0.2) is 0 Å². The topological polar surface area (TPSA) is 73.9 Å². The van der Waals surface area contributed by atoms with E-state index < -0.39 is 0 Å². The second-order valence-electron chi connectivity index (χ2n) is 4.97. The first-order valence-electron chi connectivity index (χ1n) is 7.06. The SMILES string of the molecule is COCCNC(=O)CN(C)C(=O)CN1CCCNCC1. The number of likely N-dealkylation sites (N-methyl/N-ethyl adjacent to an activating group) is 1. The van der Waals surface area contributed by atoms with Gasteiger partial charge >= 0.3 is 0 Å². The van der Waals surface area contributed by atoms with Crippen LogP contribution < -0.4 is 10.6 Å². The molecule has 0 aliphatic carbocycles. The van der Waals surface area contributed by atoms with Gasteiger partial charge in [0.05, 0.1) is 19.7 Å². The van der Waals surface area contributed by atoms with E-state index in [1.807, 2.05) is 0 Å². The third-order valence-corrected chi connectivity index (χ3v) is 3.23. The van der Waals surface area contributed by atoms with Gasteiger partial charge in [0.25, 0.3) is 0 Å². The summed E-state index contributed by atoms with van der Waals surface area (Å²) in [4.78, 5) is 27.2. The number of hydrogen-bond donors (Lipinski definition) is 2. The molecule has 0 aromatic heterocycles. The highest BCUT2D eigenvalue weighted by molar-refractivity contribution is 5.85. The molecule has 20 heavy (non-hydrogen) atoms. The fourth-order valence-corrected chi connectivity index (χ4v) is 2.02. The lowest BCUT2D eigenvalue weighted by Gasteiger charge is -2.23. The Kier molecular flexibility index (Phi) is 8.17. The molecule has 7 heteroatoms. The molecule has 0 spiro atoms. The smallest absolute Gasteiger partial charge is 0.239 e. The molecule has 0 aromatic rings. The lowest BCUT2D eigenvalue weighted by atomic mass is 10.3. The molecular formula is C13H26N4O3. The number of rotatable bonds is 7. The molecule has 1 saturated heterocycles. The van der Waals surface area contributed by atoms with Crippen LogP contribution in [0.25, 0.3) is 0 Å². The van der Waals surface area contributed by atoms with E-state index in [1.54, 1.807) is 14.2 Å². The number of hydrogen-bond acceptors (Lipinski definition) is 5. The standard InChI is InChI=1S/C13H26N4O3/c1-16(10-12(18)15-6-9-20-2)13(19)11-17-7-3-4-14-5-8-17/h14H,3-11H2,1-2H3,(H,15,18). The van der Waals surface area contributed by atoms with Gasteiger partial charge in [-0.2, -0.15) is 0 Å². The van der Waals surface area contributed by atoms with Crippen LogP contribution in [0.2, 0.25) is 0 Å². The predicted octanol–water partition coefficient (Wildman–Crippen LogP) is -1.50. The molecule has 1 heterocycles. The van der Waals surface area contributed by atoms with Crippen molar-refractivity contribution in [2.24, 2.45) is 0 Å². The summed E-state index contributed by atoms with van der Waals surface area (Å²) >= 11 is 0. The maximum Gasteiger partial charge on any atom is 0.239 e. The highest BCUT2D eigenvalue weighted by Gasteiger charge is 2.17. The van der Waals surface area contributed by atoms with Crippen molar-refractivity contribution in [1.82, 2.24) is 20.4 Å². The Labute approximate surface area is 120 Å². The molecule has 1 aliphatic heterocycles. The molecule has 1 fully saturated rings. The zero-order valence-electron chi connectivity index (χ0n) is 12.5. The zero-order chi connectivity index (χ0) is 14.8. The van der Waals surface area contributed by atoms with Crippen molar-refractivity contribution in [2.45, 2.75) is 6.42 Å². The zero-order valence-corrected chi connectivity index (χ0v) is 12.5. The Morgan fingerprint density at radius 3 is 2.90 bits per heavy atom. The van der Waals surface area contributed by atoms with Crippen molar-refractivity contribution < 1.29 is 14.3 Å². The maximum absolute atomic E-state index is 12.0. The number of amides is 2. The fourth-order valence-electron chi connectivity index (χ4n) is 2.02. The molecule has 0 aromatic carbocycles. The first-order valence-corrected chi connectivity index (χ1v) is 7.06. The summed E-state index contributed by atoms with van der Waals surface area (Å²) in [6.07, 6.45) is 1.05. The second-order valence-corrected chi connectivity index (χ2v) is 4.97. The first kappa shape index (κ1) is 16.9. The first-order chi connectivity index (χ1) is 9.63. The second kappa shape index (κ2) is 9.68. The third kappa shape index (κ3) is 6.83. The number of ether oxygens (including phenoxy) is 1. The molecule has 116 valence electrons. The van der Waals surface area contributed by atoms with Gasteiger partial charge in [-0.05, 0) is 19.5 Å². The van der Waals surface area contributed by atoms with Crippen molar-refractivity contribution in [1.29, 1.82) is 0 Å². The van der Waals surface area contributed by atoms with Crippen molar-refractivity contribution in [3.05, 3.63) is 0 Å². The molecule has 0 saturated carbocycles. The predicted molar refractivity (Wildman–Crippen MR) is 76.4 cm³/mol. The average molecular weight is 286 g/mol. The van der Waals surface area contributed by atoms with Gasteiger partial charge in [0.1, 0.15) is 0 Å². The van der Waals surface area contributed by atoms with Gasteiger partial charge in [-0.3, -0.25) is 14.5 Å². The fraction of sp³-hybridized carbons (Fsp3) is 0.846. The van der Waals surface area contributed by atoms with Gasteiger partial charge in [0, 0.05) is 33.8 Å². The van der Waals surface area contributed by atoms with Crippen molar-refractivity contribution in [3.8, 4) is 0 Å². The molecule has 0 bridgehead atoms. The molecule has 2 amide bonds. The number of carbonyl (C=O) groups excluding carboxylic acids is 2. The van der Waals surface area contributed by atoms with Gasteiger partial charge < -0.3 is 20.3 Å². The van der Waals surface area contributed by atoms with E-state index in [2.05, 4.69) is 15.5 Å². The van der Waals surface area contributed by atoms with E-state index in [0.717, 1.165) is 32.6 Å². The molecule has 0 unspecified atom stereocenters. The number of carbonyl (C=O) groups is 2. The summed E-state index contributed by atoms with van der Waals surface area (Å²) in [6, 6.07) is 0. The van der Waals surface area contributed by atoms with Crippen LogP contribution in [0.15, 0.2) is 0 Å². The van der Waals surface area contributed by atoms with Gasteiger partial charge in [-0.15, -0.1) is 0 Å². The molecule has 0 atom stereocenters. The highest BCUT2D eigenvalue weighted by Crippen LogP contribution is 1.97. The van der Waals surface area contributed by atoms with E-state index in [0.29, 0.717) is 19.7 Å². The summed E-state index contributed by atoms with van der Waals surface area (Å²) in [5.74, 6) is -0.177. The van der Waals surface area contributed by atoms with Crippen LogP contribution in [-0.4, -0.2) is 88.2 Å². The molecule has 7 nitrogen and oxygen atoms in total. The molecule has 1 rings (SSSR count). The minimum absolute atomic E-state index is 0.0196. The number of methoxy groups -OCH3 is 1. The van der Waals surface area contributed by atoms with E-state index in [4.69, 9.17) is 4.74 Å². The summed E-state index contributed by atoms with van der Waals surface area (Å²) in [5, 5.41) is 6.00. The Balaban J connectivity index is 2.25. The van der Waals surface area contributed by atoms with Gasteiger partial charge in [0.2, 0.25) is 11.8 Å². The summed E-state index contributed by atoms with van der Waals surface area (Å²) in [7, 11) is 3.24. The van der Waals surface area contributed by atoms with Crippen LogP contribution in [-0.2, 0) is 14.3 Å². The van der Waals surface area contributed by atoms with Crippen molar-refractivity contribution in [3.63, 3.8) is 0 Å². The largest absolute Gasteiger partial charge is 0.383 e. The Bertz CT molecular complexity index is 304. The maximum atomic E-state index is 12.0. The van der Waals surface area contributed by atoms with E-state index in [-0.39, 0.29) is 18.4 Å². The van der Waals surface area contributed by atoms with Crippen molar-refractivity contribution >= 4 is 11.8 Å². The van der Waals surface area contributed by atoms with E-state index in [9.17, 15) is 9.59 Å². The van der Waals surface area contributed by atoms with E-state index >= 15 is 0 Å². The number of nitrogens with zero attached hydrogens (tertiary/aromatic N) is 2. The summed E-state index contributed by atoms with van der Waals surface area (Å²) in [5.41, 5.74) is 0. The highest BCUT2D eigenvalue weighted by atomic mass is 16.5. The Hall–Kier alpha value is -1.18. The monoisotopic (exact) mass is 286 g/mol. The summed E-state index contributed by atoms with van der Waals surface area (Å²) in [6.45, 7) is 5.13. The van der Waals surface area contributed by atoms with Crippen molar-refractivity contribution in [2.75, 3.05) is 66.6 Å². The third-order valence-electron chi connectivity index (χ3n) is 3.23. The van der Waals surface area contributed by atoms with Gasteiger partial charge in [-0.25, -0.2) is 0 Å². The van der Waals surface area contributed by atoms with Gasteiger partial charge in [-0.1, -0.05) is 0 Å². The molecular weight excluding hydrogens is 260 g/mol. The Morgan fingerprint density at radius 2 is 2.15 bits per heavy atom. The summed E-state index contributed by atoms with van der Waals surface area (Å²) < 4.78 is 4.85. The van der Waals surface area contributed by atoms with Crippen LogP contribution >= 0.6 is 0 Å². The van der Waals surface area contributed by atoms with E-state index in [1.165, 1.54) is 4.90 Å². The molecule has 0 radical (unpaired) electrons. The average Bonchev–Trinajstić information content (AvgIpc) is 2.67. The molecule has 1 aliphatic rings.